The van der Waals surface area contributed by atoms with E-state index in [1.165, 1.54) is 5.56 Å². The highest BCUT2D eigenvalue weighted by Gasteiger charge is 2.09. The van der Waals surface area contributed by atoms with Crippen LogP contribution in [0.25, 0.3) is 16.9 Å². The van der Waals surface area contributed by atoms with Gasteiger partial charge in [0.2, 0.25) is 0 Å². The van der Waals surface area contributed by atoms with Crippen molar-refractivity contribution < 1.29 is 0 Å². The first kappa shape index (κ1) is 10.0. The molecule has 0 aliphatic heterocycles. The zero-order valence-electron chi connectivity index (χ0n) is 9.88. The van der Waals surface area contributed by atoms with Crippen LogP contribution in [0.4, 0.5) is 0 Å². The Morgan fingerprint density at radius 1 is 1.00 bits per heavy atom. The second-order valence-corrected chi connectivity index (χ2v) is 4.18. The van der Waals surface area contributed by atoms with Crippen molar-refractivity contribution in [3.8, 4) is 5.69 Å². The molecule has 0 unspecified atom stereocenters. The summed E-state index contributed by atoms with van der Waals surface area (Å²) in [6.45, 7) is 4.09. The van der Waals surface area contributed by atoms with Gasteiger partial charge in [-0.15, -0.1) is 0 Å². The van der Waals surface area contributed by atoms with Gasteiger partial charge in [0.1, 0.15) is 11.3 Å². The maximum absolute atomic E-state index is 4.51. The lowest BCUT2D eigenvalue weighted by atomic mass is 10.2. The molecule has 0 aliphatic carbocycles. The third-order valence-corrected chi connectivity index (χ3v) is 2.88. The lowest BCUT2D eigenvalue weighted by molar-refractivity contribution is 0.986. The zero-order valence-corrected chi connectivity index (χ0v) is 9.88. The fraction of sp³-hybridized carbons (Fsp3) is 0.143. The summed E-state index contributed by atoms with van der Waals surface area (Å²) in [5, 5.41) is 0. The number of benzene rings is 1. The molecule has 0 aliphatic rings. The Labute approximate surface area is 99.8 Å². The Bertz CT molecular complexity index is 666. The van der Waals surface area contributed by atoms with Crippen LogP contribution in [0, 0.1) is 13.8 Å². The lowest BCUT2D eigenvalue weighted by Crippen LogP contribution is -1.97. The second kappa shape index (κ2) is 3.70. The van der Waals surface area contributed by atoms with Gasteiger partial charge < -0.3 is 0 Å². The molecule has 0 spiro atoms. The Hall–Kier alpha value is -2.16. The molecule has 0 bridgehead atoms. The molecule has 0 amide bonds. The van der Waals surface area contributed by atoms with E-state index in [0.29, 0.717) is 0 Å². The van der Waals surface area contributed by atoms with Gasteiger partial charge >= 0.3 is 0 Å². The maximum atomic E-state index is 4.51. The van der Waals surface area contributed by atoms with E-state index in [0.717, 1.165) is 22.7 Å². The number of rotatable bonds is 1. The summed E-state index contributed by atoms with van der Waals surface area (Å²) in [4.78, 5) is 8.91. The summed E-state index contributed by atoms with van der Waals surface area (Å²) in [5.41, 5.74) is 4.21. The molecule has 0 radical (unpaired) electrons. The number of imidazole rings is 1. The molecular formula is C14H13N3. The van der Waals surface area contributed by atoms with Gasteiger partial charge in [0.15, 0.2) is 5.65 Å². The van der Waals surface area contributed by atoms with E-state index in [1.807, 2.05) is 19.1 Å². The summed E-state index contributed by atoms with van der Waals surface area (Å²) in [5.74, 6) is 0.961. The molecule has 0 atom stereocenters. The predicted molar refractivity (Wildman–Crippen MR) is 68.3 cm³/mol. The van der Waals surface area contributed by atoms with Crippen LogP contribution in [0.5, 0.6) is 0 Å². The van der Waals surface area contributed by atoms with Gasteiger partial charge in [-0.1, -0.05) is 17.7 Å². The second-order valence-electron chi connectivity index (χ2n) is 4.18. The number of nitrogens with zero attached hydrogens (tertiary/aromatic N) is 3. The lowest BCUT2D eigenvalue weighted by Gasteiger charge is -2.06. The first-order chi connectivity index (χ1) is 8.25. The molecule has 3 rings (SSSR count). The Kier molecular flexibility index (Phi) is 2.18. The van der Waals surface area contributed by atoms with E-state index >= 15 is 0 Å². The maximum Gasteiger partial charge on any atom is 0.164 e. The minimum Gasteiger partial charge on any atom is -0.281 e. The molecule has 0 saturated heterocycles. The van der Waals surface area contributed by atoms with Crippen LogP contribution < -0.4 is 0 Å². The number of fused-ring (bicyclic) bond motifs is 1. The molecular weight excluding hydrogens is 210 g/mol. The highest BCUT2D eigenvalue weighted by atomic mass is 15.1. The standard InChI is InChI=1S/C14H13N3/c1-10-5-7-12(8-6-10)17-11(2)16-13-4-3-9-15-14(13)17/h3-9H,1-2H3. The highest BCUT2D eigenvalue weighted by molar-refractivity contribution is 5.73. The number of aryl methyl sites for hydroxylation is 2. The van der Waals surface area contributed by atoms with Crippen LogP contribution in [0.15, 0.2) is 42.6 Å². The average Bonchev–Trinajstić information content (AvgIpc) is 2.66. The van der Waals surface area contributed by atoms with Gasteiger partial charge in [0, 0.05) is 11.9 Å². The van der Waals surface area contributed by atoms with E-state index in [-0.39, 0.29) is 0 Å². The average molecular weight is 223 g/mol. The van der Waals surface area contributed by atoms with Gasteiger partial charge in [-0.3, -0.25) is 4.57 Å². The van der Waals surface area contributed by atoms with Gasteiger partial charge in [0.25, 0.3) is 0 Å². The zero-order chi connectivity index (χ0) is 11.8. The topological polar surface area (TPSA) is 30.7 Å². The largest absolute Gasteiger partial charge is 0.281 e. The van der Waals surface area contributed by atoms with Crippen molar-refractivity contribution in [2.45, 2.75) is 13.8 Å². The molecule has 0 fully saturated rings. The molecule has 3 aromatic rings. The Balaban J connectivity index is 2.29. The first-order valence-electron chi connectivity index (χ1n) is 5.63. The fourth-order valence-corrected chi connectivity index (χ4v) is 2.03. The van der Waals surface area contributed by atoms with Gasteiger partial charge in [-0.05, 0) is 38.1 Å². The van der Waals surface area contributed by atoms with Crippen molar-refractivity contribution in [3.63, 3.8) is 0 Å². The fourth-order valence-electron chi connectivity index (χ4n) is 2.03. The van der Waals surface area contributed by atoms with Crippen molar-refractivity contribution in [2.75, 3.05) is 0 Å². The van der Waals surface area contributed by atoms with Crippen LogP contribution in [-0.2, 0) is 0 Å². The van der Waals surface area contributed by atoms with E-state index < -0.39 is 0 Å². The quantitative estimate of drug-likeness (QED) is 0.634. The predicted octanol–water partition coefficient (Wildman–Crippen LogP) is 3.04. The normalized spacial score (nSPS) is 10.9. The first-order valence-corrected chi connectivity index (χ1v) is 5.63. The van der Waals surface area contributed by atoms with Crippen LogP contribution >= 0.6 is 0 Å². The summed E-state index contributed by atoms with van der Waals surface area (Å²) < 4.78 is 2.08. The van der Waals surface area contributed by atoms with E-state index in [1.54, 1.807) is 6.20 Å². The van der Waals surface area contributed by atoms with Crippen molar-refractivity contribution in [1.29, 1.82) is 0 Å². The third kappa shape index (κ3) is 1.60. The minimum atomic E-state index is 0.911. The van der Waals surface area contributed by atoms with Crippen molar-refractivity contribution >= 4 is 11.2 Å². The van der Waals surface area contributed by atoms with E-state index in [2.05, 4.69) is 45.7 Å². The van der Waals surface area contributed by atoms with Crippen molar-refractivity contribution in [2.24, 2.45) is 0 Å². The van der Waals surface area contributed by atoms with Crippen LogP contribution in [0.2, 0.25) is 0 Å². The number of pyridine rings is 1. The van der Waals surface area contributed by atoms with E-state index in [9.17, 15) is 0 Å². The van der Waals surface area contributed by atoms with Gasteiger partial charge in [0.05, 0.1) is 0 Å². The molecule has 0 saturated carbocycles. The van der Waals surface area contributed by atoms with Gasteiger partial charge in [-0.2, -0.15) is 0 Å². The summed E-state index contributed by atoms with van der Waals surface area (Å²) in [6, 6.07) is 12.3. The molecule has 3 nitrogen and oxygen atoms in total. The van der Waals surface area contributed by atoms with Crippen LogP contribution in [0.1, 0.15) is 11.4 Å². The number of aromatic nitrogens is 3. The summed E-state index contributed by atoms with van der Waals surface area (Å²) in [7, 11) is 0. The highest BCUT2D eigenvalue weighted by Crippen LogP contribution is 2.19. The Morgan fingerprint density at radius 2 is 1.76 bits per heavy atom. The molecule has 0 N–H and O–H groups in total. The minimum absolute atomic E-state index is 0.911. The molecule has 2 heterocycles. The van der Waals surface area contributed by atoms with Crippen molar-refractivity contribution in [3.05, 3.63) is 54.0 Å². The molecule has 2 aromatic heterocycles. The molecule has 1 aromatic carbocycles. The Morgan fingerprint density at radius 3 is 2.53 bits per heavy atom. The monoisotopic (exact) mass is 223 g/mol. The SMILES string of the molecule is Cc1ccc(-n2c(C)nc3cccnc32)cc1. The van der Waals surface area contributed by atoms with Crippen LogP contribution in [0.3, 0.4) is 0 Å². The molecule has 84 valence electrons. The van der Waals surface area contributed by atoms with Crippen molar-refractivity contribution in [1.82, 2.24) is 14.5 Å². The number of hydrogen-bond acceptors (Lipinski definition) is 2. The molecule has 3 heteroatoms. The molecule has 17 heavy (non-hydrogen) atoms. The summed E-state index contributed by atoms with van der Waals surface area (Å²) >= 11 is 0. The van der Waals surface area contributed by atoms with Crippen LogP contribution in [-0.4, -0.2) is 14.5 Å². The summed E-state index contributed by atoms with van der Waals surface area (Å²) in [6.07, 6.45) is 1.80. The van der Waals surface area contributed by atoms with E-state index in [4.69, 9.17) is 0 Å². The number of hydrogen-bond donors (Lipinski definition) is 0. The third-order valence-electron chi connectivity index (χ3n) is 2.88. The van der Waals surface area contributed by atoms with Gasteiger partial charge in [-0.25, -0.2) is 9.97 Å². The smallest absolute Gasteiger partial charge is 0.164 e.